The second-order valence-electron chi connectivity index (χ2n) is 8.00. The van der Waals surface area contributed by atoms with Crippen molar-refractivity contribution < 1.29 is 27.4 Å². The van der Waals surface area contributed by atoms with E-state index in [4.69, 9.17) is 14.5 Å². The van der Waals surface area contributed by atoms with E-state index in [1.165, 1.54) is 19.2 Å². The molecule has 2 aromatic carbocycles. The summed E-state index contributed by atoms with van der Waals surface area (Å²) >= 11 is 0. The van der Waals surface area contributed by atoms with Crippen molar-refractivity contribution in [3.63, 3.8) is 0 Å². The number of halogens is 3. The number of nitrogens with zero attached hydrogens (tertiary/aromatic N) is 2. The van der Waals surface area contributed by atoms with E-state index in [0.717, 1.165) is 17.3 Å². The van der Waals surface area contributed by atoms with Crippen LogP contribution in [0.3, 0.4) is 0 Å². The number of esters is 1. The van der Waals surface area contributed by atoms with E-state index in [2.05, 4.69) is 4.90 Å². The van der Waals surface area contributed by atoms with Crippen molar-refractivity contribution in [2.75, 3.05) is 31.7 Å². The standard InChI is InChI=1S/C25H25F3N2O3/c1-3-33-24(31)16-10-12-30(13-11-16)23-9-5-18-14-17(4-8-22(18)29-23)20-7-6-19(32-2)15-21(20)25(26,27)28/h4-9,14-16H,3,10-13H2,1-2H3. The normalized spacial score (nSPS) is 15.0. The molecule has 0 saturated carbocycles. The van der Waals surface area contributed by atoms with Crippen LogP contribution in [0, 0.1) is 5.92 Å². The van der Waals surface area contributed by atoms with Crippen molar-refractivity contribution in [2.45, 2.75) is 25.9 Å². The fourth-order valence-corrected chi connectivity index (χ4v) is 4.20. The number of hydrogen-bond acceptors (Lipinski definition) is 5. The first-order valence-electron chi connectivity index (χ1n) is 10.9. The van der Waals surface area contributed by atoms with Gasteiger partial charge in [0.1, 0.15) is 11.6 Å². The Bertz CT molecular complexity index is 1160. The maximum Gasteiger partial charge on any atom is 0.417 e. The molecule has 8 heteroatoms. The lowest BCUT2D eigenvalue weighted by atomic mass is 9.96. The summed E-state index contributed by atoms with van der Waals surface area (Å²) in [5.41, 5.74) is 0.513. The van der Waals surface area contributed by atoms with Crippen LogP contribution in [0.15, 0.2) is 48.5 Å². The number of alkyl halides is 3. The van der Waals surface area contributed by atoms with Crippen LogP contribution in [0.2, 0.25) is 0 Å². The van der Waals surface area contributed by atoms with Gasteiger partial charge in [-0.3, -0.25) is 4.79 Å². The van der Waals surface area contributed by atoms with Crippen molar-refractivity contribution in [1.29, 1.82) is 0 Å². The number of carbonyl (C=O) groups excluding carboxylic acids is 1. The van der Waals surface area contributed by atoms with Crippen LogP contribution < -0.4 is 9.64 Å². The van der Waals surface area contributed by atoms with Gasteiger partial charge in [-0.15, -0.1) is 0 Å². The van der Waals surface area contributed by atoms with E-state index in [1.807, 2.05) is 12.1 Å². The summed E-state index contributed by atoms with van der Waals surface area (Å²) in [6, 6.07) is 12.8. The quantitative estimate of drug-likeness (QED) is 0.459. The highest BCUT2D eigenvalue weighted by Crippen LogP contribution is 2.40. The van der Waals surface area contributed by atoms with Crippen LogP contribution in [0.5, 0.6) is 5.75 Å². The molecule has 1 aliphatic rings. The minimum absolute atomic E-state index is 0.0865. The Balaban J connectivity index is 1.58. The zero-order valence-electron chi connectivity index (χ0n) is 18.5. The Morgan fingerprint density at radius 2 is 1.85 bits per heavy atom. The molecule has 5 nitrogen and oxygen atoms in total. The lowest BCUT2D eigenvalue weighted by molar-refractivity contribution is -0.148. The summed E-state index contributed by atoms with van der Waals surface area (Å²) in [6.45, 7) is 3.58. The first kappa shape index (κ1) is 22.9. The van der Waals surface area contributed by atoms with Gasteiger partial charge in [-0.05, 0) is 67.3 Å². The van der Waals surface area contributed by atoms with E-state index in [0.29, 0.717) is 43.6 Å². The van der Waals surface area contributed by atoms with Crippen LogP contribution in [0.1, 0.15) is 25.3 Å². The van der Waals surface area contributed by atoms with Crippen LogP contribution >= 0.6 is 0 Å². The zero-order valence-corrected chi connectivity index (χ0v) is 18.5. The Labute approximate surface area is 190 Å². The highest BCUT2D eigenvalue weighted by atomic mass is 19.4. The average Bonchev–Trinajstić information content (AvgIpc) is 2.82. The first-order valence-corrected chi connectivity index (χ1v) is 10.9. The van der Waals surface area contributed by atoms with Gasteiger partial charge >= 0.3 is 12.1 Å². The van der Waals surface area contributed by atoms with Gasteiger partial charge < -0.3 is 14.4 Å². The number of rotatable bonds is 5. The zero-order chi connectivity index (χ0) is 23.6. The molecule has 0 bridgehead atoms. The van der Waals surface area contributed by atoms with E-state index in [-0.39, 0.29) is 23.2 Å². The molecule has 2 heterocycles. The highest BCUT2D eigenvalue weighted by Gasteiger charge is 2.34. The van der Waals surface area contributed by atoms with Crippen molar-refractivity contribution in [3.05, 3.63) is 54.1 Å². The molecule has 1 saturated heterocycles. The van der Waals surface area contributed by atoms with Crippen LogP contribution in [-0.4, -0.2) is 37.8 Å². The Kier molecular flexibility index (Phi) is 6.44. The van der Waals surface area contributed by atoms with Crippen LogP contribution in [-0.2, 0) is 15.7 Å². The number of pyridine rings is 1. The number of anilines is 1. The molecular formula is C25H25F3N2O3. The van der Waals surface area contributed by atoms with Gasteiger partial charge in [-0.2, -0.15) is 13.2 Å². The molecule has 174 valence electrons. The van der Waals surface area contributed by atoms with Gasteiger partial charge in [-0.25, -0.2) is 4.98 Å². The third-order valence-electron chi connectivity index (χ3n) is 5.96. The largest absolute Gasteiger partial charge is 0.497 e. The minimum atomic E-state index is -4.50. The van der Waals surface area contributed by atoms with E-state index < -0.39 is 11.7 Å². The van der Waals surface area contributed by atoms with Gasteiger partial charge in [0, 0.05) is 18.5 Å². The number of methoxy groups -OCH3 is 1. The van der Waals surface area contributed by atoms with E-state index in [1.54, 1.807) is 25.1 Å². The maximum atomic E-state index is 13.6. The molecule has 0 unspecified atom stereocenters. The Hall–Kier alpha value is -3.29. The molecule has 1 aromatic heterocycles. The maximum absolute atomic E-state index is 13.6. The van der Waals surface area contributed by atoms with Crippen LogP contribution in [0.25, 0.3) is 22.0 Å². The third-order valence-corrected chi connectivity index (χ3v) is 5.96. The van der Waals surface area contributed by atoms with Gasteiger partial charge in [-0.1, -0.05) is 12.1 Å². The lowest BCUT2D eigenvalue weighted by Crippen LogP contribution is -2.37. The highest BCUT2D eigenvalue weighted by molar-refractivity contribution is 5.86. The van der Waals surface area contributed by atoms with Crippen molar-refractivity contribution >= 4 is 22.7 Å². The monoisotopic (exact) mass is 458 g/mol. The van der Waals surface area contributed by atoms with E-state index in [9.17, 15) is 18.0 Å². The Morgan fingerprint density at radius 3 is 2.52 bits per heavy atom. The third kappa shape index (κ3) is 4.89. The summed E-state index contributed by atoms with van der Waals surface area (Å²) in [5.74, 6) is 0.715. The Morgan fingerprint density at radius 1 is 1.09 bits per heavy atom. The summed E-state index contributed by atoms with van der Waals surface area (Å²) < 4.78 is 51.0. The molecule has 1 aliphatic heterocycles. The lowest BCUT2D eigenvalue weighted by Gasteiger charge is -2.31. The molecule has 0 N–H and O–H groups in total. The number of benzene rings is 2. The number of aromatic nitrogens is 1. The average molecular weight is 458 g/mol. The van der Waals surface area contributed by atoms with Gasteiger partial charge in [0.2, 0.25) is 0 Å². The second-order valence-corrected chi connectivity index (χ2v) is 8.00. The predicted octanol–water partition coefficient (Wildman–Crippen LogP) is 5.71. The molecule has 1 fully saturated rings. The molecule has 0 aliphatic carbocycles. The molecule has 0 spiro atoms. The molecule has 4 rings (SSSR count). The number of carbonyl (C=O) groups is 1. The van der Waals surface area contributed by atoms with Crippen molar-refractivity contribution in [1.82, 2.24) is 4.98 Å². The number of piperidine rings is 1. The SMILES string of the molecule is CCOC(=O)C1CCN(c2ccc3cc(-c4ccc(OC)cc4C(F)(F)F)ccc3n2)CC1. The first-order chi connectivity index (χ1) is 15.8. The fourth-order valence-electron chi connectivity index (χ4n) is 4.20. The second kappa shape index (κ2) is 9.29. The summed E-state index contributed by atoms with van der Waals surface area (Å²) in [4.78, 5) is 18.8. The smallest absolute Gasteiger partial charge is 0.417 e. The molecule has 33 heavy (non-hydrogen) atoms. The van der Waals surface area contributed by atoms with Crippen molar-refractivity contribution in [2.24, 2.45) is 5.92 Å². The van der Waals surface area contributed by atoms with E-state index >= 15 is 0 Å². The topological polar surface area (TPSA) is 51.7 Å². The van der Waals surface area contributed by atoms with Crippen molar-refractivity contribution in [3.8, 4) is 16.9 Å². The minimum Gasteiger partial charge on any atom is -0.497 e. The molecule has 0 amide bonds. The number of fused-ring (bicyclic) bond motifs is 1. The molecule has 0 atom stereocenters. The number of ether oxygens (including phenoxy) is 2. The summed E-state index contributed by atoms with van der Waals surface area (Å²) in [6.07, 6.45) is -3.10. The predicted molar refractivity (Wildman–Crippen MR) is 120 cm³/mol. The van der Waals surface area contributed by atoms with Gasteiger partial charge in [0.25, 0.3) is 0 Å². The van der Waals surface area contributed by atoms with Gasteiger partial charge in [0.15, 0.2) is 0 Å². The molecular weight excluding hydrogens is 433 g/mol. The number of hydrogen-bond donors (Lipinski definition) is 0. The fraction of sp³-hybridized carbons (Fsp3) is 0.360. The van der Waals surface area contributed by atoms with Crippen LogP contribution in [0.4, 0.5) is 19.0 Å². The van der Waals surface area contributed by atoms with Gasteiger partial charge in [0.05, 0.1) is 30.7 Å². The molecule has 0 radical (unpaired) electrons. The summed E-state index contributed by atoms with van der Waals surface area (Å²) in [7, 11) is 1.34. The summed E-state index contributed by atoms with van der Waals surface area (Å²) in [5, 5.41) is 0.751. The molecule has 3 aromatic rings.